The Morgan fingerprint density at radius 1 is 1.39 bits per heavy atom. The predicted molar refractivity (Wildman–Crippen MR) is 81.3 cm³/mol. The highest BCUT2D eigenvalue weighted by Gasteiger charge is 2.11. The summed E-state index contributed by atoms with van der Waals surface area (Å²) in [6.45, 7) is 4.84. The van der Waals surface area contributed by atoms with Gasteiger partial charge in [-0.15, -0.1) is 0 Å². The number of rotatable bonds is 4. The maximum atomic E-state index is 6.39. The van der Waals surface area contributed by atoms with Gasteiger partial charge >= 0.3 is 0 Å². The molecule has 96 valence electrons. The molecule has 1 atom stereocenters. The Bertz CT molecular complexity index is 557. The van der Waals surface area contributed by atoms with Crippen LogP contribution in [0.5, 0.6) is 0 Å². The van der Waals surface area contributed by atoms with Crippen LogP contribution in [0.15, 0.2) is 24.3 Å². The number of aryl methyl sites for hydroxylation is 1. The number of hydrogen-bond acceptors (Lipinski definition) is 3. The van der Waals surface area contributed by atoms with Crippen molar-refractivity contribution in [3.63, 3.8) is 0 Å². The Morgan fingerprint density at radius 2 is 2.11 bits per heavy atom. The van der Waals surface area contributed by atoms with Crippen molar-refractivity contribution < 1.29 is 0 Å². The first kappa shape index (κ1) is 13.7. The molecule has 2 nitrogen and oxygen atoms in total. The molecular weight excluding hydrogens is 264 g/mol. The fraction of sp³-hybridized carbons (Fsp3) is 0.357. The second-order valence-corrected chi connectivity index (χ2v) is 6.18. The summed E-state index contributed by atoms with van der Waals surface area (Å²) in [6, 6.07) is 8.10. The molecule has 1 heterocycles. The summed E-state index contributed by atoms with van der Waals surface area (Å²) in [6.07, 6.45) is 0. The number of para-hydroxylation sites is 1. The van der Waals surface area contributed by atoms with Crippen LogP contribution in [0.2, 0.25) is 5.02 Å². The number of pyridine rings is 1. The van der Waals surface area contributed by atoms with Crippen LogP contribution in [0.1, 0.15) is 18.2 Å². The normalized spacial score (nSPS) is 12.9. The standard InChI is InChI=1S/C14H17ClN2S/c1-9(7-16)18-8-13-14(15)10(2)11-5-3-4-6-12(11)17-13/h3-6,9H,7-8,16H2,1-2H3. The van der Waals surface area contributed by atoms with Crippen molar-refractivity contribution in [1.29, 1.82) is 0 Å². The molecule has 2 rings (SSSR count). The van der Waals surface area contributed by atoms with Crippen molar-refractivity contribution in [3.8, 4) is 0 Å². The number of thioether (sulfide) groups is 1. The molecule has 0 amide bonds. The van der Waals surface area contributed by atoms with Crippen molar-refractivity contribution in [3.05, 3.63) is 40.5 Å². The smallest absolute Gasteiger partial charge is 0.0709 e. The molecule has 4 heteroatoms. The van der Waals surface area contributed by atoms with Crippen LogP contribution in [-0.4, -0.2) is 16.8 Å². The lowest BCUT2D eigenvalue weighted by Crippen LogP contribution is -2.12. The quantitative estimate of drug-likeness (QED) is 0.926. The Kier molecular flexibility index (Phi) is 4.49. The van der Waals surface area contributed by atoms with E-state index in [-0.39, 0.29) is 0 Å². The van der Waals surface area contributed by atoms with E-state index in [9.17, 15) is 0 Å². The van der Waals surface area contributed by atoms with Gasteiger partial charge < -0.3 is 5.73 Å². The van der Waals surface area contributed by atoms with Gasteiger partial charge in [0.25, 0.3) is 0 Å². The molecule has 0 aliphatic heterocycles. The first-order valence-electron chi connectivity index (χ1n) is 5.99. The summed E-state index contributed by atoms with van der Waals surface area (Å²) < 4.78 is 0. The zero-order valence-corrected chi connectivity index (χ0v) is 12.2. The number of fused-ring (bicyclic) bond motifs is 1. The molecule has 0 aliphatic carbocycles. The van der Waals surface area contributed by atoms with Crippen LogP contribution >= 0.6 is 23.4 Å². The third kappa shape index (κ3) is 2.79. The number of aromatic nitrogens is 1. The van der Waals surface area contributed by atoms with Gasteiger partial charge in [0, 0.05) is 22.9 Å². The molecule has 1 aromatic carbocycles. The van der Waals surface area contributed by atoms with Gasteiger partial charge in [0.1, 0.15) is 0 Å². The molecule has 1 aromatic heterocycles. The van der Waals surface area contributed by atoms with E-state index in [2.05, 4.69) is 18.0 Å². The lowest BCUT2D eigenvalue weighted by Gasteiger charge is -2.12. The maximum Gasteiger partial charge on any atom is 0.0709 e. The van der Waals surface area contributed by atoms with Gasteiger partial charge in [-0.05, 0) is 18.6 Å². The third-order valence-electron chi connectivity index (χ3n) is 2.98. The minimum Gasteiger partial charge on any atom is -0.329 e. The highest BCUT2D eigenvalue weighted by Crippen LogP contribution is 2.29. The summed E-state index contributed by atoms with van der Waals surface area (Å²) in [5.74, 6) is 0.808. The molecule has 1 unspecified atom stereocenters. The van der Waals surface area contributed by atoms with E-state index in [1.54, 1.807) is 11.8 Å². The number of nitrogens with two attached hydrogens (primary N) is 1. The van der Waals surface area contributed by atoms with Gasteiger partial charge in [0.05, 0.1) is 16.2 Å². The van der Waals surface area contributed by atoms with Crippen molar-refractivity contribution in [2.24, 2.45) is 5.73 Å². The van der Waals surface area contributed by atoms with E-state index in [0.29, 0.717) is 11.8 Å². The molecule has 18 heavy (non-hydrogen) atoms. The van der Waals surface area contributed by atoms with E-state index in [1.807, 2.05) is 25.1 Å². The van der Waals surface area contributed by atoms with E-state index in [4.69, 9.17) is 17.3 Å². The Balaban J connectivity index is 2.36. The fourth-order valence-corrected chi connectivity index (χ4v) is 2.88. The SMILES string of the molecule is Cc1c(Cl)c(CSC(C)CN)nc2ccccc12. The zero-order chi connectivity index (χ0) is 13.1. The lowest BCUT2D eigenvalue weighted by atomic mass is 10.1. The molecule has 2 N–H and O–H groups in total. The van der Waals surface area contributed by atoms with E-state index >= 15 is 0 Å². The summed E-state index contributed by atoms with van der Waals surface area (Å²) >= 11 is 8.18. The average Bonchev–Trinajstić information content (AvgIpc) is 2.41. The highest BCUT2D eigenvalue weighted by atomic mass is 35.5. The van der Waals surface area contributed by atoms with Crippen LogP contribution < -0.4 is 5.73 Å². The van der Waals surface area contributed by atoms with Gasteiger partial charge in [-0.2, -0.15) is 11.8 Å². The van der Waals surface area contributed by atoms with Crippen LogP contribution in [0.25, 0.3) is 10.9 Å². The zero-order valence-electron chi connectivity index (χ0n) is 10.6. The molecular formula is C14H17ClN2S. The van der Waals surface area contributed by atoms with Gasteiger partial charge in [-0.25, -0.2) is 0 Å². The highest BCUT2D eigenvalue weighted by molar-refractivity contribution is 7.99. The van der Waals surface area contributed by atoms with Gasteiger partial charge in [-0.1, -0.05) is 36.7 Å². The summed E-state index contributed by atoms with van der Waals surface area (Å²) in [4.78, 5) is 4.65. The van der Waals surface area contributed by atoms with E-state index < -0.39 is 0 Å². The van der Waals surface area contributed by atoms with Gasteiger partial charge in [0.2, 0.25) is 0 Å². The largest absolute Gasteiger partial charge is 0.329 e. The molecule has 0 saturated carbocycles. The minimum atomic E-state index is 0.426. The number of benzene rings is 1. The van der Waals surface area contributed by atoms with Crippen molar-refractivity contribution in [2.45, 2.75) is 24.9 Å². The van der Waals surface area contributed by atoms with Crippen LogP contribution in [-0.2, 0) is 5.75 Å². The average molecular weight is 281 g/mol. The molecule has 0 aliphatic rings. The fourth-order valence-electron chi connectivity index (χ4n) is 1.80. The van der Waals surface area contributed by atoms with Crippen molar-refractivity contribution in [1.82, 2.24) is 4.98 Å². The van der Waals surface area contributed by atoms with Crippen LogP contribution in [0, 0.1) is 6.92 Å². The van der Waals surface area contributed by atoms with Gasteiger partial charge in [-0.3, -0.25) is 4.98 Å². The number of nitrogens with zero attached hydrogens (tertiary/aromatic N) is 1. The molecule has 0 bridgehead atoms. The van der Waals surface area contributed by atoms with Crippen LogP contribution in [0.4, 0.5) is 0 Å². The Morgan fingerprint density at radius 3 is 2.83 bits per heavy atom. The van der Waals surface area contributed by atoms with E-state index in [0.717, 1.165) is 32.9 Å². The monoisotopic (exact) mass is 280 g/mol. The van der Waals surface area contributed by atoms with Crippen molar-refractivity contribution in [2.75, 3.05) is 6.54 Å². The number of hydrogen-bond donors (Lipinski definition) is 1. The molecule has 0 spiro atoms. The minimum absolute atomic E-state index is 0.426. The summed E-state index contributed by atoms with van der Waals surface area (Å²) in [7, 11) is 0. The Hall–Kier alpha value is -0.770. The summed E-state index contributed by atoms with van der Waals surface area (Å²) in [5.41, 5.74) is 8.70. The summed E-state index contributed by atoms with van der Waals surface area (Å²) in [5, 5.41) is 2.34. The maximum absolute atomic E-state index is 6.39. The van der Waals surface area contributed by atoms with E-state index in [1.165, 1.54) is 0 Å². The second-order valence-electron chi connectivity index (χ2n) is 4.37. The first-order valence-corrected chi connectivity index (χ1v) is 7.41. The van der Waals surface area contributed by atoms with Gasteiger partial charge in [0.15, 0.2) is 0 Å². The van der Waals surface area contributed by atoms with Crippen LogP contribution in [0.3, 0.4) is 0 Å². The number of halogens is 1. The predicted octanol–water partition coefficient (Wildman–Crippen LogP) is 3.78. The molecule has 0 radical (unpaired) electrons. The second kappa shape index (κ2) is 5.91. The van der Waals surface area contributed by atoms with Crippen molar-refractivity contribution >= 4 is 34.3 Å². The lowest BCUT2D eigenvalue weighted by molar-refractivity contribution is 0.949. The Labute approximate surface area is 117 Å². The first-order chi connectivity index (χ1) is 8.63. The third-order valence-corrected chi connectivity index (χ3v) is 4.69. The molecule has 2 aromatic rings. The topological polar surface area (TPSA) is 38.9 Å². The molecule has 0 saturated heterocycles. The molecule has 0 fully saturated rings.